The van der Waals surface area contributed by atoms with Crippen molar-refractivity contribution in [3.63, 3.8) is 0 Å². The van der Waals surface area contributed by atoms with Crippen LogP contribution in [0.4, 0.5) is 0 Å². The standard InChI is InChI=1S/C9H24NO5PS/c1-6-14-17(15-7-2,16(11,12)13)9-8-10(3,4)5/h6-9H2,1-5H3,(H-,11,12,13)/p+1. The maximum atomic E-state index is 11.6. The van der Waals surface area contributed by atoms with Crippen LogP contribution in [0.15, 0.2) is 0 Å². The Hall–Kier alpha value is 0.380. The van der Waals surface area contributed by atoms with Gasteiger partial charge in [-0.2, -0.15) is 0 Å². The van der Waals surface area contributed by atoms with E-state index in [9.17, 15) is 14.4 Å². The van der Waals surface area contributed by atoms with Crippen molar-refractivity contribution in [1.29, 1.82) is 0 Å². The minimum Gasteiger partial charge on any atom is -0.330 e. The molecule has 6 nitrogen and oxygen atoms in total. The first-order chi connectivity index (χ1) is 7.58. The highest BCUT2D eigenvalue weighted by Gasteiger charge is 2.41. The third-order valence-corrected chi connectivity index (χ3v) is 7.97. The predicted octanol–water partition coefficient (Wildman–Crippen LogP) is 1.49. The molecule has 0 fully saturated rings. The van der Waals surface area contributed by atoms with Crippen molar-refractivity contribution in [3.8, 4) is 0 Å². The highest BCUT2D eigenvalue weighted by Crippen LogP contribution is 2.78. The lowest BCUT2D eigenvalue weighted by molar-refractivity contribution is -0.867. The van der Waals surface area contributed by atoms with E-state index in [0.29, 0.717) is 11.0 Å². The third-order valence-electron chi connectivity index (χ3n) is 1.99. The summed E-state index contributed by atoms with van der Waals surface area (Å²) in [6, 6.07) is 0. The Morgan fingerprint density at radius 2 is 1.53 bits per heavy atom. The third kappa shape index (κ3) is 5.70. The molecular weight excluding hydrogens is 265 g/mol. The summed E-state index contributed by atoms with van der Waals surface area (Å²) in [4.78, 5) is 19.0. The normalized spacial score (nSPS) is 15.0. The molecule has 0 amide bonds. The van der Waals surface area contributed by atoms with E-state index in [1.165, 1.54) is 0 Å². The van der Waals surface area contributed by atoms with E-state index in [2.05, 4.69) is 0 Å². The van der Waals surface area contributed by atoms with E-state index in [4.69, 9.17) is 8.37 Å². The van der Waals surface area contributed by atoms with E-state index in [1.807, 2.05) is 21.1 Å². The maximum Gasteiger partial charge on any atom is 0.440 e. The Balaban J connectivity index is 4.98. The Morgan fingerprint density at radius 3 is 1.76 bits per heavy atom. The molecule has 0 aromatic carbocycles. The lowest BCUT2D eigenvalue weighted by Gasteiger charge is -2.43. The van der Waals surface area contributed by atoms with Crippen LogP contribution in [0.5, 0.6) is 0 Å². The lowest BCUT2D eigenvalue weighted by Crippen LogP contribution is -2.38. The van der Waals surface area contributed by atoms with Gasteiger partial charge in [0.2, 0.25) is 0 Å². The fourth-order valence-electron chi connectivity index (χ4n) is 1.17. The summed E-state index contributed by atoms with van der Waals surface area (Å²) in [5.74, 6) is 0.239. The summed E-state index contributed by atoms with van der Waals surface area (Å²) in [6.45, 7) is 0.0755. The molecule has 0 spiro atoms. The van der Waals surface area contributed by atoms with E-state index in [1.54, 1.807) is 13.8 Å². The first-order valence-corrected chi connectivity index (χ1v) is 9.41. The van der Waals surface area contributed by atoms with Crippen molar-refractivity contribution >= 4 is 17.0 Å². The van der Waals surface area contributed by atoms with Gasteiger partial charge in [0, 0.05) is 0 Å². The highest BCUT2D eigenvalue weighted by atomic mass is 32.8. The van der Waals surface area contributed by atoms with Crippen LogP contribution < -0.4 is 0 Å². The molecule has 0 aliphatic rings. The molecule has 17 heavy (non-hydrogen) atoms. The molecule has 0 aromatic heterocycles. The first-order valence-electron chi connectivity index (χ1n) is 5.54. The zero-order chi connectivity index (χ0) is 13.7. The molecule has 106 valence electrons. The Bertz CT molecular complexity index is 269. The smallest absolute Gasteiger partial charge is 0.330 e. The summed E-state index contributed by atoms with van der Waals surface area (Å²) < 4.78 is 22.9. The lowest BCUT2D eigenvalue weighted by atomic mass is 10.6. The van der Waals surface area contributed by atoms with Gasteiger partial charge in [-0.1, -0.05) is 10.2 Å². The second kappa shape index (κ2) is 6.52. The minimum absolute atomic E-state index is 0.234. The number of rotatable bonds is 8. The molecule has 0 radical (unpaired) electrons. The number of quaternary nitrogens is 1. The van der Waals surface area contributed by atoms with E-state index < -0.39 is 17.0 Å². The van der Waals surface area contributed by atoms with Crippen LogP contribution in [0.2, 0.25) is 0 Å². The van der Waals surface area contributed by atoms with Gasteiger partial charge in [-0.25, -0.2) is 4.57 Å². The Kier molecular flexibility index (Phi) is 6.66. The second-order valence-electron chi connectivity index (χ2n) is 4.60. The largest absolute Gasteiger partial charge is 0.440 e. The molecule has 0 saturated carbocycles. The Morgan fingerprint density at radius 1 is 1.12 bits per heavy atom. The van der Waals surface area contributed by atoms with Gasteiger partial charge < -0.3 is 14.3 Å². The quantitative estimate of drug-likeness (QED) is 0.523. The van der Waals surface area contributed by atoms with E-state index in [-0.39, 0.29) is 19.0 Å². The SMILES string of the molecule is CCOS(CC[N+](C)(C)C)(OCC)P(=O)(O)O. The molecule has 0 saturated heterocycles. The van der Waals surface area contributed by atoms with Crippen molar-refractivity contribution in [3.05, 3.63) is 0 Å². The van der Waals surface area contributed by atoms with E-state index >= 15 is 0 Å². The molecule has 0 aliphatic heterocycles. The molecule has 0 atom stereocenters. The molecular formula is C9H25NO5PS+. The second-order valence-corrected chi connectivity index (χ2v) is 10.7. The first kappa shape index (κ1) is 17.4. The van der Waals surface area contributed by atoms with Gasteiger partial charge >= 0.3 is 6.80 Å². The average Bonchev–Trinajstić information content (AvgIpc) is 2.12. The van der Waals surface area contributed by atoms with Crippen LogP contribution in [0.25, 0.3) is 0 Å². The van der Waals surface area contributed by atoms with Gasteiger partial charge in [0.1, 0.15) is 0 Å². The number of nitrogens with zero attached hydrogens (tertiary/aromatic N) is 1. The van der Waals surface area contributed by atoms with Gasteiger partial charge in [-0.05, 0) is 13.8 Å². The summed E-state index contributed by atoms with van der Waals surface area (Å²) in [7, 11) is 3.09. The van der Waals surface area contributed by atoms with Crippen LogP contribution in [0.3, 0.4) is 0 Å². The van der Waals surface area contributed by atoms with Crippen molar-refractivity contribution in [2.45, 2.75) is 13.8 Å². The van der Waals surface area contributed by atoms with Gasteiger partial charge in [-0.3, -0.25) is 8.37 Å². The van der Waals surface area contributed by atoms with Gasteiger partial charge in [0.25, 0.3) is 0 Å². The Labute approximate surface area is 105 Å². The molecule has 0 aliphatic carbocycles. The number of hydrogen-bond donors (Lipinski definition) is 2. The molecule has 8 heteroatoms. The average molecular weight is 290 g/mol. The highest BCUT2D eigenvalue weighted by molar-refractivity contribution is 8.71. The van der Waals surface area contributed by atoms with Crippen LogP contribution in [-0.4, -0.2) is 60.9 Å². The number of hydrogen-bond acceptors (Lipinski definition) is 3. The zero-order valence-electron chi connectivity index (χ0n) is 11.3. The molecule has 0 unspecified atom stereocenters. The van der Waals surface area contributed by atoms with Crippen LogP contribution in [0.1, 0.15) is 13.8 Å². The monoisotopic (exact) mass is 290 g/mol. The molecule has 0 heterocycles. The van der Waals surface area contributed by atoms with Gasteiger partial charge in [0.15, 0.2) is 0 Å². The fourth-order valence-corrected chi connectivity index (χ4v) is 5.91. The van der Waals surface area contributed by atoms with Crippen molar-refractivity contribution in [2.24, 2.45) is 0 Å². The van der Waals surface area contributed by atoms with Crippen molar-refractivity contribution in [2.75, 3.05) is 46.7 Å². The molecule has 0 rings (SSSR count). The summed E-state index contributed by atoms with van der Waals surface area (Å²) >= 11 is 0. The summed E-state index contributed by atoms with van der Waals surface area (Å²) in [5, 5.41) is 0. The van der Waals surface area contributed by atoms with Crippen molar-refractivity contribution in [1.82, 2.24) is 0 Å². The minimum atomic E-state index is -4.40. The molecule has 2 N–H and O–H groups in total. The van der Waals surface area contributed by atoms with Crippen LogP contribution in [-0.2, 0) is 12.9 Å². The predicted molar refractivity (Wildman–Crippen MR) is 70.7 cm³/mol. The molecule has 0 aromatic rings. The van der Waals surface area contributed by atoms with Gasteiger partial charge in [-0.15, -0.1) is 0 Å². The fraction of sp³-hybridized carbons (Fsp3) is 1.00. The maximum absolute atomic E-state index is 11.6. The van der Waals surface area contributed by atoms with Crippen LogP contribution in [0, 0.1) is 0 Å². The van der Waals surface area contributed by atoms with Gasteiger partial charge in [0.05, 0.1) is 46.7 Å². The molecule has 0 bridgehead atoms. The topological polar surface area (TPSA) is 76.0 Å². The van der Waals surface area contributed by atoms with E-state index in [0.717, 1.165) is 0 Å². The summed E-state index contributed by atoms with van der Waals surface area (Å²) in [6.07, 6.45) is 0. The zero-order valence-corrected chi connectivity index (χ0v) is 13.0. The summed E-state index contributed by atoms with van der Waals surface area (Å²) in [5.41, 5.74) is 0. The van der Waals surface area contributed by atoms with Crippen LogP contribution >= 0.6 is 17.0 Å². The van der Waals surface area contributed by atoms with Crippen molar-refractivity contribution < 1.29 is 27.2 Å².